The zero-order valence-electron chi connectivity index (χ0n) is 13.0. The van der Waals surface area contributed by atoms with E-state index in [0.717, 1.165) is 30.3 Å². The topological polar surface area (TPSA) is 33.2 Å². The fourth-order valence-corrected chi connectivity index (χ4v) is 2.46. The molecule has 21 heavy (non-hydrogen) atoms. The van der Waals surface area contributed by atoms with Crippen LogP contribution in [0, 0.1) is 0 Å². The second-order valence-corrected chi connectivity index (χ2v) is 5.43. The third-order valence-electron chi connectivity index (χ3n) is 3.74. The number of carbonyl (C=O) groups is 1. The molecule has 0 saturated carbocycles. The maximum Gasteiger partial charge on any atom is 0.168 e. The molecule has 0 saturated heterocycles. The Labute approximate surface area is 127 Å². The zero-order chi connectivity index (χ0) is 15.1. The Hall–Kier alpha value is -1.90. The van der Waals surface area contributed by atoms with Gasteiger partial charge in [-0.2, -0.15) is 0 Å². The van der Waals surface area contributed by atoms with Crippen molar-refractivity contribution < 1.29 is 4.79 Å². The molecule has 0 fully saturated rings. The van der Waals surface area contributed by atoms with Crippen LogP contribution in [0.3, 0.4) is 0 Å². The summed E-state index contributed by atoms with van der Waals surface area (Å²) in [6.45, 7) is 6.65. The molecule has 2 rings (SSSR count). The molecule has 0 N–H and O–H groups in total. The summed E-state index contributed by atoms with van der Waals surface area (Å²) in [7, 11) is 0. The molecule has 0 spiro atoms. The first-order chi connectivity index (χ1) is 10.3. The summed E-state index contributed by atoms with van der Waals surface area (Å²) in [5.74, 6) is 0. The maximum absolute atomic E-state index is 10.8. The van der Waals surface area contributed by atoms with Crippen LogP contribution in [0.2, 0.25) is 0 Å². The molecule has 1 aromatic heterocycles. The largest absolute Gasteiger partial charge is 0.372 e. The summed E-state index contributed by atoms with van der Waals surface area (Å²) in [4.78, 5) is 17.6. The van der Waals surface area contributed by atoms with Gasteiger partial charge in [-0.15, -0.1) is 0 Å². The second kappa shape index (κ2) is 7.77. The van der Waals surface area contributed by atoms with E-state index in [2.05, 4.69) is 35.9 Å². The van der Waals surface area contributed by atoms with Crippen LogP contribution in [0.25, 0.3) is 10.9 Å². The van der Waals surface area contributed by atoms with Crippen molar-refractivity contribution in [3.63, 3.8) is 0 Å². The van der Waals surface area contributed by atoms with Crippen LogP contribution in [0.4, 0.5) is 5.69 Å². The van der Waals surface area contributed by atoms with Gasteiger partial charge < -0.3 is 4.90 Å². The number of carbonyl (C=O) groups excluding carboxylic acids is 1. The fraction of sp³-hybridized carbons (Fsp3) is 0.444. The number of pyridine rings is 1. The highest BCUT2D eigenvalue weighted by Crippen LogP contribution is 2.22. The fourth-order valence-electron chi connectivity index (χ4n) is 2.46. The minimum absolute atomic E-state index is 0.490. The van der Waals surface area contributed by atoms with Gasteiger partial charge in [0.05, 0.1) is 5.52 Å². The molecule has 0 aliphatic rings. The average molecular weight is 284 g/mol. The van der Waals surface area contributed by atoms with Crippen molar-refractivity contribution in [3.05, 3.63) is 36.0 Å². The molecule has 0 atom stereocenters. The lowest BCUT2D eigenvalue weighted by Crippen LogP contribution is -2.25. The number of hydrogen-bond acceptors (Lipinski definition) is 3. The molecule has 3 heteroatoms. The van der Waals surface area contributed by atoms with Crippen LogP contribution in [0.15, 0.2) is 30.3 Å². The molecular formula is C18H24N2O. The highest BCUT2D eigenvalue weighted by Gasteiger charge is 2.07. The first-order valence-electron chi connectivity index (χ1n) is 7.89. The zero-order valence-corrected chi connectivity index (χ0v) is 13.0. The van der Waals surface area contributed by atoms with Gasteiger partial charge in [0.2, 0.25) is 0 Å². The Kier molecular flexibility index (Phi) is 5.73. The molecule has 0 aliphatic heterocycles. The molecule has 1 heterocycles. The lowest BCUT2D eigenvalue weighted by atomic mass is 10.1. The monoisotopic (exact) mass is 284 g/mol. The summed E-state index contributed by atoms with van der Waals surface area (Å²) in [5.41, 5.74) is 2.63. The summed E-state index contributed by atoms with van der Waals surface area (Å²) < 4.78 is 0. The van der Waals surface area contributed by atoms with Gasteiger partial charge in [0.15, 0.2) is 6.29 Å². The molecule has 0 unspecified atom stereocenters. The average Bonchev–Trinajstić information content (AvgIpc) is 2.54. The summed E-state index contributed by atoms with van der Waals surface area (Å²) >= 11 is 0. The van der Waals surface area contributed by atoms with Crippen molar-refractivity contribution in [2.24, 2.45) is 0 Å². The van der Waals surface area contributed by atoms with E-state index < -0.39 is 0 Å². The predicted octanol–water partition coefficient (Wildman–Crippen LogP) is 4.45. The number of anilines is 1. The Balaban J connectivity index is 2.27. The molecule has 112 valence electrons. The van der Waals surface area contributed by atoms with Gasteiger partial charge in [-0.1, -0.05) is 32.8 Å². The van der Waals surface area contributed by atoms with Crippen LogP contribution in [0.5, 0.6) is 0 Å². The van der Waals surface area contributed by atoms with Gasteiger partial charge in [-0.25, -0.2) is 4.98 Å². The summed E-state index contributed by atoms with van der Waals surface area (Å²) in [6, 6.07) is 10.1. The lowest BCUT2D eigenvalue weighted by Gasteiger charge is -2.25. The van der Waals surface area contributed by atoms with Crippen LogP contribution in [-0.4, -0.2) is 24.4 Å². The third-order valence-corrected chi connectivity index (χ3v) is 3.74. The minimum Gasteiger partial charge on any atom is -0.372 e. The molecule has 1 aromatic carbocycles. The smallest absolute Gasteiger partial charge is 0.168 e. The summed E-state index contributed by atoms with van der Waals surface area (Å²) in [6.07, 6.45) is 5.64. The van der Waals surface area contributed by atoms with E-state index in [1.165, 1.54) is 31.4 Å². The number of fused-ring (bicyclic) bond motifs is 1. The molecule has 0 aliphatic carbocycles. The van der Waals surface area contributed by atoms with Crippen LogP contribution < -0.4 is 4.90 Å². The first-order valence-corrected chi connectivity index (χ1v) is 7.89. The van der Waals surface area contributed by atoms with Gasteiger partial charge in [-0.3, -0.25) is 4.79 Å². The van der Waals surface area contributed by atoms with E-state index in [4.69, 9.17) is 0 Å². The lowest BCUT2D eigenvalue weighted by molar-refractivity contribution is 0.111. The van der Waals surface area contributed by atoms with Gasteiger partial charge in [0.25, 0.3) is 0 Å². The first kappa shape index (κ1) is 15.5. The molecule has 3 nitrogen and oxygen atoms in total. The SMILES string of the molecule is CCCCN(CCCC)c1ccc2nc(C=O)ccc2c1. The minimum atomic E-state index is 0.490. The quantitative estimate of drug-likeness (QED) is 0.671. The van der Waals surface area contributed by atoms with Crippen molar-refractivity contribution in [2.45, 2.75) is 39.5 Å². The maximum atomic E-state index is 10.8. The highest BCUT2D eigenvalue weighted by atomic mass is 16.1. The van der Waals surface area contributed by atoms with Crippen LogP contribution >= 0.6 is 0 Å². The van der Waals surface area contributed by atoms with Crippen molar-refractivity contribution in [1.29, 1.82) is 0 Å². The van der Waals surface area contributed by atoms with Crippen LogP contribution in [-0.2, 0) is 0 Å². The Morgan fingerprint density at radius 3 is 2.38 bits per heavy atom. The van der Waals surface area contributed by atoms with E-state index in [-0.39, 0.29) is 0 Å². The van der Waals surface area contributed by atoms with E-state index in [1.807, 2.05) is 12.1 Å². The van der Waals surface area contributed by atoms with Gasteiger partial charge in [0, 0.05) is 24.2 Å². The Morgan fingerprint density at radius 2 is 1.76 bits per heavy atom. The van der Waals surface area contributed by atoms with Gasteiger partial charge in [0.1, 0.15) is 5.69 Å². The van der Waals surface area contributed by atoms with Crippen LogP contribution in [0.1, 0.15) is 50.0 Å². The van der Waals surface area contributed by atoms with Crippen molar-refractivity contribution in [2.75, 3.05) is 18.0 Å². The number of unbranched alkanes of at least 4 members (excludes halogenated alkanes) is 2. The Bertz CT molecular complexity index is 587. The van der Waals surface area contributed by atoms with E-state index in [0.29, 0.717) is 5.69 Å². The standard InChI is InChI=1S/C18H24N2O/c1-3-5-11-20(12-6-4-2)17-9-10-18-15(13-17)7-8-16(14-21)19-18/h7-10,13-14H,3-6,11-12H2,1-2H3. The number of aromatic nitrogens is 1. The molecule has 2 aromatic rings. The molecule has 0 bridgehead atoms. The predicted molar refractivity (Wildman–Crippen MR) is 89.2 cm³/mol. The van der Waals surface area contributed by atoms with Gasteiger partial charge in [-0.05, 0) is 37.1 Å². The molecular weight excluding hydrogens is 260 g/mol. The van der Waals surface area contributed by atoms with E-state index >= 15 is 0 Å². The van der Waals surface area contributed by atoms with E-state index in [9.17, 15) is 4.79 Å². The number of aldehydes is 1. The Morgan fingerprint density at radius 1 is 1.05 bits per heavy atom. The van der Waals surface area contributed by atoms with Crippen molar-refractivity contribution in [1.82, 2.24) is 4.98 Å². The normalized spacial score (nSPS) is 10.8. The molecule has 0 radical (unpaired) electrons. The second-order valence-electron chi connectivity index (χ2n) is 5.43. The number of nitrogens with zero attached hydrogens (tertiary/aromatic N) is 2. The number of rotatable bonds is 8. The van der Waals surface area contributed by atoms with E-state index in [1.54, 1.807) is 6.07 Å². The third kappa shape index (κ3) is 4.03. The summed E-state index contributed by atoms with van der Waals surface area (Å²) in [5, 5.41) is 1.09. The van der Waals surface area contributed by atoms with Crippen molar-refractivity contribution >= 4 is 22.9 Å². The number of benzene rings is 1. The van der Waals surface area contributed by atoms with Crippen molar-refractivity contribution in [3.8, 4) is 0 Å². The number of hydrogen-bond donors (Lipinski definition) is 0. The van der Waals surface area contributed by atoms with Gasteiger partial charge >= 0.3 is 0 Å². The highest BCUT2D eigenvalue weighted by molar-refractivity contribution is 5.86. The molecule has 0 amide bonds.